The van der Waals surface area contributed by atoms with Crippen molar-refractivity contribution in [2.45, 2.75) is 24.8 Å². The Morgan fingerprint density at radius 2 is 2.10 bits per heavy atom. The summed E-state index contributed by atoms with van der Waals surface area (Å²) in [5.74, 6) is 0.420. The van der Waals surface area contributed by atoms with E-state index in [4.69, 9.17) is 0 Å². The van der Waals surface area contributed by atoms with E-state index in [0.29, 0.717) is 0 Å². The molecule has 10 heavy (non-hydrogen) atoms. The molecule has 0 aliphatic heterocycles. The molecule has 1 atom stereocenters. The largest absolute Gasteiger partial charge is 0.300 e. The minimum absolute atomic E-state index is 0.0115. The van der Waals surface area contributed by atoms with Gasteiger partial charge in [-0.15, -0.1) is 0 Å². The average Bonchev–Trinajstić information content (AvgIpc) is 1.87. The summed E-state index contributed by atoms with van der Waals surface area (Å²) in [7, 11) is 0. The average molecular weight is 255 g/mol. The molecule has 0 saturated heterocycles. The number of carbonyl (C=O) groups is 1. The summed E-state index contributed by atoms with van der Waals surface area (Å²) >= 11 is 2.12. The lowest BCUT2D eigenvalue weighted by atomic mass is 10.1. The first-order valence-corrected chi connectivity index (χ1v) is 4.75. The molecule has 0 amide bonds. The summed E-state index contributed by atoms with van der Waals surface area (Å²) in [6.45, 7) is 6.70. The van der Waals surface area contributed by atoms with Crippen molar-refractivity contribution in [2.75, 3.05) is 6.54 Å². The predicted molar refractivity (Wildman–Crippen MR) is 51.3 cm³/mol. The fourth-order valence-electron chi connectivity index (χ4n) is 0.572. The van der Waals surface area contributed by atoms with Crippen LogP contribution in [0.2, 0.25) is 0 Å². The van der Waals surface area contributed by atoms with Gasteiger partial charge in [-0.3, -0.25) is 10.1 Å². The van der Waals surface area contributed by atoms with Gasteiger partial charge in [0.2, 0.25) is 0 Å². The van der Waals surface area contributed by atoms with Crippen molar-refractivity contribution in [1.82, 2.24) is 5.32 Å². The monoisotopic (exact) mass is 255 g/mol. The summed E-state index contributed by atoms with van der Waals surface area (Å²) in [4.78, 5) is 11.2. The van der Waals surface area contributed by atoms with Gasteiger partial charge in [-0.2, -0.15) is 0 Å². The second-order valence-electron chi connectivity index (χ2n) is 2.48. The zero-order chi connectivity index (χ0) is 8.15. The Kier molecular flexibility index (Phi) is 5.25. The Hall–Kier alpha value is 0.360. The number of hydrogen-bond acceptors (Lipinski definition) is 2. The minimum Gasteiger partial charge on any atom is -0.300 e. The molecule has 2 nitrogen and oxygen atoms in total. The molecule has 0 aromatic heterocycles. The number of hydrogen-bond donors (Lipinski definition) is 1. The van der Waals surface area contributed by atoms with Crippen molar-refractivity contribution >= 4 is 28.4 Å². The summed E-state index contributed by atoms with van der Waals surface area (Å²) < 4.78 is -0.0115. The maximum atomic E-state index is 11.2. The highest BCUT2D eigenvalue weighted by atomic mass is 127. The normalized spacial score (nSPS) is 13.7. The van der Waals surface area contributed by atoms with Crippen LogP contribution in [0.25, 0.3) is 0 Å². The van der Waals surface area contributed by atoms with E-state index in [2.05, 4.69) is 27.9 Å². The van der Waals surface area contributed by atoms with E-state index in [1.807, 2.05) is 20.8 Å². The van der Waals surface area contributed by atoms with Crippen LogP contribution in [0.15, 0.2) is 0 Å². The molecule has 0 rings (SSSR count). The second-order valence-corrected chi connectivity index (χ2v) is 3.72. The lowest BCUT2D eigenvalue weighted by Crippen LogP contribution is -2.33. The summed E-state index contributed by atoms with van der Waals surface area (Å²) in [5, 5.41) is 3.06. The molecule has 0 heterocycles. The van der Waals surface area contributed by atoms with Gasteiger partial charge in [0.25, 0.3) is 0 Å². The molecule has 60 valence electrons. The number of carbonyl (C=O) groups excluding carboxylic acids is 1. The van der Waals surface area contributed by atoms with Crippen LogP contribution in [0.5, 0.6) is 0 Å². The van der Waals surface area contributed by atoms with Gasteiger partial charge in [0.15, 0.2) is 5.78 Å². The molecule has 0 aliphatic rings. The molecular formula is C7H14INO. The van der Waals surface area contributed by atoms with Crippen molar-refractivity contribution in [1.29, 1.82) is 0 Å². The zero-order valence-corrected chi connectivity index (χ0v) is 8.81. The Bertz CT molecular complexity index is 114. The quantitative estimate of drug-likeness (QED) is 0.469. The first-order valence-electron chi connectivity index (χ1n) is 3.50. The van der Waals surface area contributed by atoms with E-state index in [9.17, 15) is 4.79 Å². The van der Waals surface area contributed by atoms with Crippen LogP contribution in [0, 0.1) is 5.92 Å². The van der Waals surface area contributed by atoms with Crippen LogP contribution < -0.4 is 5.32 Å². The maximum absolute atomic E-state index is 11.2. The molecule has 1 N–H and O–H groups in total. The van der Waals surface area contributed by atoms with Crippen LogP contribution in [0.3, 0.4) is 0 Å². The van der Waals surface area contributed by atoms with Crippen LogP contribution in [0.4, 0.5) is 0 Å². The van der Waals surface area contributed by atoms with E-state index in [0.717, 1.165) is 6.54 Å². The van der Waals surface area contributed by atoms with Crippen molar-refractivity contribution in [3.63, 3.8) is 0 Å². The number of ketones is 1. The molecule has 0 bridgehead atoms. The van der Waals surface area contributed by atoms with Crippen LogP contribution in [-0.4, -0.2) is 16.4 Å². The highest BCUT2D eigenvalue weighted by Crippen LogP contribution is 2.05. The zero-order valence-electron chi connectivity index (χ0n) is 6.65. The number of halogens is 1. The third-order valence-electron chi connectivity index (χ3n) is 1.20. The molecule has 0 saturated carbocycles. The molecule has 0 unspecified atom stereocenters. The molecule has 0 spiro atoms. The number of Topliss-reactive ketones (excluding diaryl/α,β-unsaturated/α-hetero) is 1. The lowest BCUT2D eigenvalue weighted by molar-refractivity contribution is -0.121. The first-order chi connectivity index (χ1) is 4.59. The summed E-state index contributed by atoms with van der Waals surface area (Å²) in [6.07, 6.45) is 0. The molecular weight excluding hydrogens is 241 g/mol. The number of rotatable bonds is 4. The molecule has 0 aliphatic carbocycles. The highest BCUT2D eigenvalue weighted by molar-refractivity contribution is 14.1. The van der Waals surface area contributed by atoms with Crippen molar-refractivity contribution in [3.05, 3.63) is 0 Å². The molecule has 3 heteroatoms. The number of alkyl halides is 1. The smallest absolute Gasteiger partial charge is 0.162 e. The third-order valence-corrected chi connectivity index (χ3v) is 2.26. The van der Waals surface area contributed by atoms with Gasteiger partial charge >= 0.3 is 0 Å². The number of likely N-dealkylation sites (N-methyl/N-ethyl adjacent to an activating group) is 1. The lowest BCUT2D eigenvalue weighted by Gasteiger charge is -2.10. The standard InChI is InChI=1S/C7H14INO/c1-4-9-7(8)6(10)5(2)3/h5,7,9H,4H2,1-3H3/t7-/m1/s1. The van der Waals surface area contributed by atoms with E-state index >= 15 is 0 Å². The van der Waals surface area contributed by atoms with Crippen molar-refractivity contribution in [2.24, 2.45) is 5.92 Å². The Morgan fingerprint density at radius 3 is 2.40 bits per heavy atom. The topological polar surface area (TPSA) is 29.1 Å². The van der Waals surface area contributed by atoms with E-state index in [1.165, 1.54) is 0 Å². The minimum atomic E-state index is -0.0115. The van der Waals surface area contributed by atoms with Gasteiger partial charge in [-0.25, -0.2) is 0 Å². The maximum Gasteiger partial charge on any atom is 0.162 e. The first kappa shape index (κ1) is 10.4. The fourth-order valence-corrected chi connectivity index (χ4v) is 1.73. The van der Waals surface area contributed by atoms with Gasteiger partial charge in [-0.1, -0.05) is 43.4 Å². The fraction of sp³-hybridized carbons (Fsp3) is 0.857. The Morgan fingerprint density at radius 1 is 1.60 bits per heavy atom. The van der Waals surface area contributed by atoms with Crippen molar-refractivity contribution in [3.8, 4) is 0 Å². The molecule has 0 aromatic carbocycles. The van der Waals surface area contributed by atoms with Crippen LogP contribution in [-0.2, 0) is 4.79 Å². The second kappa shape index (κ2) is 5.07. The van der Waals surface area contributed by atoms with E-state index < -0.39 is 0 Å². The summed E-state index contributed by atoms with van der Waals surface area (Å²) in [5.41, 5.74) is 0. The van der Waals surface area contributed by atoms with Gasteiger partial charge < -0.3 is 0 Å². The SMILES string of the molecule is CCN[C@@H](I)C(=O)C(C)C. The van der Waals surface area contributed by atoms with Gasteiger partial charge in [-0.05, 0) is 6.54 Å². The highest BCUT2D eigenvalue weighted by Gasteiger charge is 2.15. The van der Waals surface area contributed by atoms with Crippen LogP contribution >= 0.6 is 22.6 Å². The van der Waals surface area contributed by atoms with E-state index in [1.54, 1.807) is 0 Å². The van der Waals surface area contributed by atoms with Crippen molar-refractivity contribution < 1.29 is 4.79 Å². The Labute approximate surface area is 75.9 Å². The van der Waals surface area contributed by atoms with Gasteiger partial charge in [0.1, 0.15) is 4.05 Å². The Balaban J connectivity index is 3.71. The number of nitrogens with one attached hydrogen (secondary N) is 1. The van der Waals surface area contributed by atoms with Gasteiger partial charge in [0, 0.05) is 5.92 Å². The van der Waals surface area contributed by atoms with Crippen LogP contribution in [0.1, 0.15) is 20.8 Å². The summed E-state index contributed by atoms with van der Waals surface area (Å²) in [6, 6.07) is 0. The van der Waals surface area contributed by atoms with E-state index in [-0.39, 0.29) is 15.7 Å². The molecule has 0 aromatic rings. The molecule has 0 fully saturated rings. The molecule has 0 radical (unpaired) electrons. The predicted octanol–water partition coefficient (Wildman–Crippen LogP) is 1.58. The third kappa shape index (κ3) is 3.51. The van der Waals surface area contributed by atoms with Gasteiger partial charge in [0.05, 0.1) is 0 Å².